The Labute approximate surface area is 123 Å². The van der Waals surface area contributed by atoms with E-state index in [0.717, 1.165) is 4.31 Å². The summed E-state index contributed by atoms with van der Waals surface area (Å²) in [6.07, 6.45) is 0. The average molecular weight is 317 g/mol. The molecule has 9 heteroatoms. The molecule has 8 nitrogen and oxygen atoms in total. The number of hydrogen-bond donors (Lipinski definition) is 1. The van der Waals surface area contributed by atoms with E-state index in [1.54, 1.807) is 14.0 Å². The zero-order valence-corrected chi connectivity index (χ0v) is 13.2. The van der Waals surface area contributed by atoms with E-state index in [0.29, 0.717) is 5.69 Å². The van der Waals surface area contributed by atoms with Crippen LogP contribution in [0, 0.1) is 10.1 Å². The fourth-order valence-electron chi connectivity index (χ4n) is 1.77. The van der Waals surface area contributed by atoms with Crippen LogP contribution in [0.1, 0.15) is 6.92 Å². The first-order chi connectivity index (χ1) is 9.75. The highest BCUT2D eigenvalue weighted by Crippen LogP contribution is 2.29. The topological polar surface area (TPSA) is 102 Å². The van der Waals surface area contributed by atoms with Crippen molar-refractivity contribution in [3.63, 3.8) is 0 Å². The Hall–Kier alpha value is -1.71. The van der Waals surface area contributed by atoms with Crippen LogP contribution in [0.15, 0.2) is 23.1 Å². The van der Waals surface area contributed by atoms with Gasteiger partial charge in [0.15, 0.2) is 4.90 Å². The van der Waals surface area contributed by atoms with Gasteiger partial charge >= 0.3 is 0 Å². The van der Waals surface area contributed by atoms with Crippen LogP contribution in [0.5, 0.6) is 0 Å². The summed E-state index contributed by atoms with van der Waals surface area (Å²) in [6.45, 7) is 1.85. The Bertz CT molecular complexity index is 617. The Kier molecular flexibility index (Phi) is 5.64. The Balaban J connectivity index is 3.38. The van der Waals surface area contributed by atoms with E-state index in [-0.39, 0.29) is 11.5 Å². The average Bonchev–Trinajstić information content (AvgIpc) is 2.45. The maximum Gasteiger partial charge on any atom is 0.289 e. The van der Waals surface area contributed by atoms with Crippen LogP contribution in [0.4, 0.5) is 11.4 Å². The molecule has 1 aromatic rings. The van der Waals surface area contributed by atoms with Crippen LogP contribution in [-0.4, -0.2) is 51.5 Å². The molecule has 1 N–H and O–H groups in total. The molecular weight excluding hydrogens is 298 g/mol. The Morgan fingerprint density at radius 1 is 1.48 bits per heavy atom. The van der Waals surface area contributed by atoms with Crippen molar-refractivity contribution in [2.24, 2.45) is 0 Å². The lowest BCUT2D eigenvalue weighted by atomic mass is 10.3. The highest BCUT2D eigenvalue weighted by atomic mass is 32.2. The second kappa shape index (κ2) is 6.83. The summed E-state index contributed by atoms with van der Waals surface area (Å²) in [6, 6.07) is 3.44. The summed E-state index contributed by atoms with van der Waals surface area (Å²) >= 11 is 0. The summed E-state index contributed by atoms with van der Waals surface area (Å²) in [5.41, 5.74) is 0.0254. The lowest BCUT2D eigenvalue weighted by Gasteiger charge is -2.23. The number of nitrogens with one attached hydrogen (secondary N) is 1. The number of hydrogen-bond acceptors (Lipinski definition) is 6. The monoisotopic (exact) mass is 317 g/mol. The molecule has 1 unspecified atom stereocenters. The van der Waals surface area contributed by atoms with Crippen molar-refractivity contribution in [1.82, 2.24) is 4.31 Å². The van der Waals surface area contributed by atoms with E-state index in [2.05, 4.69) is 5.32 Å². The SMILES string of the molecule is CNc1ccc([N+](=O)[O-])c(S(=O)(=O)N(C)C(C)COC)c1. The molecule has 0 amide bonds. The molecule has 0 saturated heterocycles. The number of methoxy groups -OCH3 is 1. The van der Waals surface area contributed by atoms with Crippen molar-refractivity contribution in [2.75, 3.05) is 33.1 Å². The first kappa shape index (κ1) is 17.3. The molecule has 0 aliphatic heterocycles. The van der Waals surface area contributed by atoms with Crippen molar-refractivity contribution < 1.29 is 18.1 Å². The predicted molar refractivity (Wildman–Crippen MR) is 78.9 cm³/mol. The van der Waals surface area contributed by atoms with Gasteiger partial charge in [-0.2, -0.15) is 4.31 Å². The molecule has 118 valence electrons. The van der Waals surface area contributed by atoms with Gasteiger partial charge in [0.05, 0.1) is 11.5 Å². The van der Waals surface area contributed by atoms with Gasteiger partial charge in [-0.05, 0) is 19.1 Å². The number of nitro benzene ring substituents is 1. The van der Waals surface area contributed by atoms with Gasteiger partial charge in [0.1, 0.15) is 0 Å². The largest absolute Gasteiger partial charge is 0.388 e. The van der Waals surface area contributed by atoms with Gasteiger partial charge in [-0.15, -0.1) is 0 Å². The number of nitrogens with zero attached hydrogens (tertiary/aromatic N) is 2. The molecule has 0 heterocycles. The van der Waals surface area contributed by atoms with E-state index in [4.69, 9.17) is 4.74 Å². The quantitative estimate of drug-likeness (QED) is 0.600. The minimum absolute atomic E-state index is 0.190. The second-order valence-electron chi connectivity index (χ2n) is 4.52. The van der Waals surface area contributed by atoms with E-state index in [1.165, 1.54) is 32.4 Å². The fourth-order valence-corrected chi connectivity index (χ4v) is 3.29. The third-order valence-corrected chi connectivity index (χ3v) is 5.13. The zero-order chi connectivity index (χ0) is 16.2. The molecule has 0 radical (unpaired) electrons. The minimum Gasteiger partial charge on any atom is -0.388 e. The third kappa shape index (κ3) is 3.69. The molecular formula is C12H19N3O5S. The molecule has 1 atom stereocenters. The van der Waals surface area contributed by atoms with Crippen LogP contribution < -0.4 is 5.32 Å². The molecule has 0 saturated carbocycles. The summed E-state index contributed by atoms with van der Waals surface area (Å²) in [5, 5.41) is 13.8. The van der Waals surface area contributed by atoms with Crippen molar-refractivity contribution in [2.45, 2.75) is 17.9 Å². The van der Waals surface area contributed by atoms with Gasteiger partial charge < -0.3 is 10.1 Å². The third-order valence-electron chi connectivity index (χ3n) is 3.13. The Morgan fingerprint density at radius 2 is 2.10 bits per heavy atom. The smallest absolute Gasteiger partial charge is 0.289 e. The van der Waals surface area contributed by atoms with Crippen LogP contribution in [0.2, 0.25) is 0 Å². The van der Waals surface area contributed by atoms with Gasteiger partial charge in [0, 0.05) is 39.0 Å². The van der Waals surface area contributed by atoms with E-state index in [9.17, 15) is 18.5 Å². The molecule has 1 rings (SSSR count). The van der Waals surface area contributed by atoms with Gasteiger partial charge in [-0.25, -0.2) is 8.42 Å². The first-order valence-corrected chi connectivity index (χ1v) is 7.62. The van der Waals surface area contributed by atoms with Crippen LogP contribution in [0.3, 0.4) is 0 Å². The summed E-state index contributed by atoms with van der Waals surface area (Å²) < 4.78 is 31.2. The normalized spacial score (nSPS) is 13.2. The van der Waals surface area contributed by atoms with Crippen LogP contribution >= 0.6 is 0 Å². The zero-order valence-electron chi connectivity index (χ0n) is 12.4. The van der Waals surface area contributed by atoms with E-state index < -0.39 is 26.7 Å². The summed E-state index contributed by atoms with van der Waals surface area (Å²) in [4.78, 5) is 10.0. The van der Waals surface area contributed by atoms with Gasteiger partial charge in [-0.3, -0.25) is 10.1 Å². The molecule has 0 aliphatic rings. The highest BCUT2D eigenvalue weighted by Gasteiger charge is 2.32. The van der Waals surface area contributed by atoms with Crippen molar-refractivity contribution in [3.8, 4) is 0 Å². The molecule has 0 aromatic heterocycles. The van der Waals surface area contributed by atoms with E-state index in [1.807, 2.05) is 0 Å². The number of rotatable bonds is 7. The molecule has 1 aromatic carbocycles. The Morgan fingerprint density at radius 3 is 2.57 bits per heavy atom. The molecule has 0 bridgehead atoms. The van der Waals surface area contributed by atoms with Gasteiger partial charge in [-0.1, -0.05) is 0 Å². The van der Waals surface area contributed by atoms with E-state index >= 15 is 0 Å². The summed E-state index contributed by atoms with van der Waals surface area (Å²) in [7, 11) is 0.438. The van der Waals surface area contributed by atoms with Crippen molar-refractivity contribution in [1.29, 1.82) is 0 Å². The van der Waals surface area contributed by atoms with Crippen LogP contribution in [-0.2, 0) is 14.8 Å². The fraction of sp³-hybridized carbons (Fsp3) is 0.500. The highest BCUT2D eigenvalue weighted by molar-refractivity contribution is 7.89. The maximum absolute atomic E-state index is 12.6. The number of likely N-dealkylation sites (N-methyl/N-ethyl adjacent to an activating group) is 1. The van der Waals surface area contributed by atoms with Crippen molar-refractivity contribution in [3.05, 3.63) is 28.3 Å². The first-order valence-electron chi connectivity index (χ1n) is 6.18. The summed E-state index contributed by atoms with van der Waals surface area (Å²) in [5.74, 6) is 0. The van der Waals surface area contributed by atoms with Crippen LogP contribution in [0.25, 0.3) is 0 Å². The molecule has 21 heavy (non-hydrogen) atoms. The lowest BCUT2D eigenvalue weighted by Crippen LogP contribution is -2.38. The number of benzene rings is 1. The number of sulfonamides is 1. The standard InChI is InChI=1S/C12H19N3O5S/c1-9(8-20-4)14(3)21(18,19)12-7-10(13-2)5-6-11(12)15(16)17/h5-7,9,13H,8H2,1-4H3. The van der Waals surface area contributed by atoms with Gasteiger partial charge in [0.2, 0.25) is 10.0 Å². The number of anilines is 1. The predicted octanol–water partition coefficient (Wildman–Crippen LogP) is 1.29. The van der Waals surface area contributed by atoms with Gasteiger partial charge in [0.25, 0.3) is 5.69 Å². The lowest BCUT2D eigenvalue weighted by molar-refractivity contribution is -0.387. The number of ether oxygens (including phenoxy) is 1. The molecule has 0 aliphatic carbocycles. The number of nitro groups is 1. The molecule has 0 fully saturated rings. The minimum atomic E-state index is -4.00. The van der Waals surface area contributed by atoms with Crippen molar-refractivity contribution >= 4 is 21.4 Å². The maximum atomic E-state index is 12.6. The molecule has 0 spiro atoms. The second-order valence-corrected chi connectivity index (χ2v) is 6.48.